The summed E-state index contributed by atoms with van der Waals surface area (Å²) in [5, 5.41) is 13.9. The van der Waals surface area contributed by atoms with Gasteiger partial charge in [-0.25, -0.2) is 0 Å². The first-order valence-electron chi connectivity index (χ1n) is 6.08. The highest BCUT2D eigenvalue weighted by Crippen LogP contribution is 2.19. The van der Waals surface area contributed by atoms with Crippen LogP contribution < -0.4 is 11.1 Å². The van der Waals surface area contributed by atoms with Gasteiger partial charge in [0.2, 0.25) is 0 Å². The Bertz CT molecular complexity index is 584. The van der Waals surface area contributed by atoms with Crippen LogP contribution in [0.2, 0.25) is 0 Å². The Hall–Kier alpha value is -2.52. The Morgan fingerprint density at radius 3 is 3.00 bits per heavy atom. The van der Waals surface area contributed by atoms with Gasteiger partial charge in [-0.05, 0) is 37.5 Å². The van der Waals surface area contributed by atoms with Gasteiger partial charge in [0.05, 0.1) is 22.0 Å². The van der Waals surface area contributed by atoms with Crippen LogP contribution in [0.5, 0.6) is 0 Å². The summed E-state index contributed by atoms with van der Waals surface area (Å²) >= 11 is 0. The van der Waals surface area contributed by atoms with E-state index in [9.17, 15) is 10.1 Å². The number of para-hydroxylation sites is 1. The number of nitrogens with two attached hydrogens (primary N) is 1. The van der Waals surface area contributed by atoms with Crippen LogP contribution in [0.1, 0.15) is 24.8 Å². The van der Waals surface area contributed by atoms with Crippen molar-refractivity contribution < 1.29 is 4.92 Å². The zero-order chi connectivity index (χ0) is 13.7. The lowest BCUT2D eigenvalue weighted by atomic mass is 10.1. The maximum Gasteiger partial charge on any atom is 0.277 e. The minimum absolute atomic E-state index is 0.0766. The van der Waals surface area contributed by atoms with Gasteiger partial charge in [-0.3, -0.25) is 10.1 Å². The highest BCUT2D eigenvalue weighted by Gasteiger charge is 2.09. The van der Waals surface area contributed by atoms with Crippen molar-refractivity contribution in [3.8, 4) is 0 Å². The topological polar surface area (TPSA) is 81.2 Å². The van der Waals surface area contributed by atoms with E-state index in [1.54, 1.807) is 24.3 Å². The number of nitrogens with one attached hydrogen (secondary N) is 1. The summed E-state index contributed by atoms with van der Waals surface area (Å²) in [6.45, 7) is 0. The third kappa shape index (κ3) is 3.47. The van der Waals surface area contributed by atoms with Crippen LogP contribution in [0, 0.1) is 10.1 Å². The van der Waals surface area contributed by atoms with Crippen LogP contribution in [-0.2, 0) is 0 Å². The molecule has 1 heterocycles. The second-order valence-electron chi connectivity index (χ2n) is 4.26. The van der Waals surface area contributed by atoms with Gasteiger partial charge in [0.25, 0.3) is 5.69 Å². The summed E-state index contributed by atoms with van der Waals surface area (Å²) in [4.78, 5) is 10.5. The van der Waals surface area contributed by atoms with Crippen molar-refractivity contribution in [2.24, 2.45) is 5.73 Å². The Morgan fingerprint density at radius 2 is 2.21 bits per heavy atom. The molecule has 1 aliphatic rings. The zero-order valence-electron chi connectivity index (χ0n) is 10.4. The fourth-order valence-corrected chi connectivity index (χ4v) is 1.87. The molecule has 5 nitrogen and oxygen atoms in total. The van der Waals surface area contributed by atoms with E-state index in [2.05, 4.69) is 11.0 Å². The maximum atomic E-state index is 10.9. The predicted molar refractivity (Wildman–Crippen MR) is 73.8 cm³/mol. The summed E-state index contributed by atoms with van der Waals surface area (Å²) in [5.41, 5.74) is 10.3. The van der Waals surface area contributed by atoms with Gasteiger partial charge in [0, 0.05) is 6.07 Å². The van der Waals surface area contributed by atoms with Crippen LogP contribution >= 0.6 is 0 Å². The van der Waals surface area contributed by atoms with Crippen LogP contribution in [-0.4, -0.2) is 4.92 Å². The molecule has 0 saturated carbocycles. The number of allylic oxidation sites excluding steroid dienone is 2. The fourth-order valence-electron chi connectivity index (χ4n) is 1.87. The van der Waals surface area contributed by atoms with Gasteiger partial charge in [-0.2, -0.15) is 0 Å². The molecule has 98 valence electrons. The summed E-state index contributed by atoms with van der Waals surface area (Å²) in [6.07, 6.45) is 6.29. The first-order chi connectivity index (χ1) is 9.16. The quantitative estimate of drug-likeness (QED) is 0.485. The van der Waals surface area contributed by atoms with E-state index < -0.39 is 4.92 Å². The Labute approximate surface area is 111 Å². The van der Waals surface area contributed by atoms with Gasteiger partial charge in [0.1, 0.15) is 0 Å². The average molecular weight is 257 g/mol. The fraction of sp³-hybridized carbons (Fsp3) is 0.214. The molecule has 1 aromatic carbocycles. The number of nitro benzene ring substituents is 1. The molecule has 0 aliphatic carbocycles. The summed E-state index contributed by atoms with van der Waals surface area (Å²) in [5.74, 6) is 0.607. The molecule has 0 fully saturated rings. The van der Waals surface area contributed by atoms with Crippen molar-refractivity contribution in [3.05, 3.63) is 63.3 Å². The molecule has 19 heavy (non-hydrogen) atoms. The third-order valence-corrected chi connectivity index (χ3v) is 2.83. The predicted octanol–water partition coefficient (Wildman–Crippen LogP) is 2.66. The van der Waals surface area contributed by atoms with Gasteiger partial charge in [0.15, 0.2) is 0 Å². The molecular formula is C14H15N3O2. The Kier molecular flexibility index (Phi) is 4.00. The van der Waals surface area contributed by atoms with E-state index in [-0.39, 0.29) is 5.69 Å². The van der Waals surface area contributed by atoms with Crippen molar-refractivity contribution in [2.45, 2.75) is 19.3 Å². The molecule has 0 radical (unpaired) electrons. The second kappa shape index (κ2) is 5.89. The molecule has 1 aromatic rings. The van der Waals surface area contributed by atoms with Crippen molar-refractivity contribution in [1.82, 2.24) is 5.32 Å². The van der Waals surface area contributed by atoms with Gasteiger partial charge in [-0.15, -0.1) is 0 Å². The molecule has 2 rings (SSSR count). The Balaban J connectivity index is 2.31. The maximum absolute atomic E-state index is 10.9. The summed E-state index contributed by atoms with van der Waals surface area (Å²) in [6, 6.07) is 6.59. The zero-order valence-corrected chi connectivity index (χ0v) is 10.4. The van der Waals surface area contributed by atoms with Gasteiger partial charge in [-0.1, -0.05) is 17.9 Å². The lowest BCUT2D eigenvalue weighted by Crippen LogP contribution is -2.17. The molecule has 1 aliphatic heterocycles. The van der Waals surface area contributed by atoms with E-state index in [0.29, 0.717) is 11.4 Å². The summed E-state index contributed by atoms with van der Waals surface area (Å²) in [7, 11) is 0. The largest absolute Gasteiger partial charge is 0.386 e. The Morgan fingerprint density at radius 1 is 1.42 bits per heavy atom. The van der Waals surface area contributed by atoms with E-state index >= 15 is 0 Å². The SMILES string of the molecule is NC1=CCCCC(=C=Cc2ccccc2[N+](=O)[O-])N1. The molecule has 0 bridgehead atoms. The van der Waals surface area contributed by atoms with Crippen molar-refractivity contribution in [2.75, 3.05) is 0 Å². The molecule has 3 N–H and O–H groups in total. The highest BCUT2D eigenvalue weighted by atomic mass is 16.6. The van der Waals surface area contributed by atoms with Crippen molar-refractivity contribution in [3.63, 3.8) is 0 Å². The van der Waals surface area contributed by atoms with Crippen LogP contribution in [0.25, 0.3) is 6.08 Å². The molecular weight excluding hydrogens is 242 g/mol. The minimum atomic E-state index is -0.396. The molecule has 0 unspecified atom stereocenters. The third-order valence-electron chi connectivity index (χ3n) is 2.83. The number of hydrogen-bond donors (Lipinski definition) is 2. The first kappa shape index (κ1) is 12.9. The van der Waals surface area contributed by atoms with Crippen molar-refractivity contribution >= 4 is 11.8 Å². The number of nitrogens with zero attached hydrogens (tertiary/aromatic N) is 1. The monoisotopic (exact) mass is 257 g/mol. The van der Waals surface area contributed by atoms with Crippen LogP contribution in [0.4, 0.5) is 5.69 Å². The number of rotatable bonds is 2. The molecule has 5 heteroatoms. The van der Waals surface area contributed by atoms with Gasteiger partial charge < -0.3 is 11.1 Å². The van der Waals surface area contributed by atoms with Crippen LogP contribution in [0.3, 0.4) is 0 Å². The highest BCUT2D eigenvalue weighted by molar-refractivity contribution is 5.60. The smallest absolute Gasteiger partial charge is 0.277 e. The van der Waals surface area contributed by atoms with E-state index in [4.69, 9.17) is 5.73 Å². The second-order valence-corrected chi connectivity index (χ2v) is 4.26. The molecule has 0 amide bonds. The average Bonchev–Trinajstić information content (AvgIpc) is 2.61. The normalized spacial score (nSPS) is 14.7. The van der Waals surface area contributed by atoms with E-state index in [1.165, 1.54) is 6.07 Å². The lowest BCUT2D eigenvalue weighted by molar-refractivity contribution is -0.385. The standard InChI is InChI=1S/C14H15N3O2/c15-14-8-4-2-6-12(16-14)10-9-11-5-1-3-7-13(11)17(18)19/h1,3,5,7-9,16H,2,4,6,15H2. The van der Waals surface area contributed by atoms with Crippen molar-refractivity contribution in [1.29, 1.82) is 0 Å². The molecule has 0 saturated heterocycles. The minimum Gasteiger partial charge on any atom is -0.386 e. The van der Waals surface area contributed by atoms with E-state index in [1.807, 2.05) is 6.08 Å². The molecule has 0 atom stereocenters. The first-order valence-corrected chi connectivity index (χ1v) is 6.08. The lowest BCUT2D eigenvalue weighted by Gasteiger charge is -2.03. The van der Waals surface area contributed by atoms with Crippen LogP contribution in [0.15, 0.2) is 47.6 Å². The number of hydrogen-bond acceptors (Lipinski definition) is 4. The van der Waals surface area contributed by atoms with Gasteiger partial charge >= 0.3 is 0 Å². The number of benzene rings is 1. The summed E-state index contributed by atoms with van der Waals surface area (Å²) < 4.78 is 0. The molecule has 0 aromatic heterocycles. The van der Waals surface area contributed by atoms with E-state index in [0.717, 1.165) is 25.0 Å². The number of nitro groups is 1. The molecule has 0 spiro atoms.